The Balaban J connectivity index is 2.25. The summed E-state index contributed by atoms with van der Waals surface area (Å²) in [6.45, 7) is 6.81. The highest BCUT2D eigenvalue weighted by molar-refractivity contribution is 7.07. The third-order valence-corrected chi connectivity index (χ3v) is 12.1. The standard InChI is InChI=1S/C21H26O2Si/c1-21(2,3)24(17-10-6-4-7-11-17,18-12-8-5-9-13-18)19-14-16(15-22)20(19)23/h4-13,16,19,22H,14-15H2,1-3H3. The Morgan fingerprint density at radius 1 is 0.958 bits per heavy atom. The number of aliphatic hydroxyl groups excluding tert-OH is 1. The van der Waals surface area contributed by atoms with Crippen LogP contribution in [-0.2, 0) is 4.79 Å². The lowest BCUT2D eigenvalue weighted by Crippen LogP contribution is -2.71. The summed E-state index contributed by atoms with van der Waals surface area (Å²) in [5.41, 5.74) is 0.0412. The van der Waals surface area contributed by atoms with Crippen LogP contribution in [0, 0.1) is 5.92 Å². The zero-order valence-electron chi connectivity index (χ0n) is 14.7. The molecule has 1 aliphatic carbocycles. The first-order valence-corrected chi connectivity index (χ1v) is 10.8. The van der Waals surface area contributed by atoms with E-state index in [1.165, 1.54) is 10.4 Å². The minimum atomic E-state index is -2.35. The fraction of sp³-hybridized carbons (Fsp3) is 0.381. The molecule has 2 unspecified atom stereocenters. The van der Waals surface area contributed by atoms with Gasteiger partial charge in [-0.1, -0.05) is 91.8 Å². The molecule has 1 aliphatic rings. The maximum Gasteiger partial charge on any atom is 0.139 e. The molecule has 1 fully saturated rings. The third-order valence-electron chi connectivity index (χ3n) is 5.65. The van der Waals surface area contributed by atoms with Crippen molar-refractivity contribution in [1.29, 1.82) is 0 Å². The Kier molecular flexibility index (Phi) is 4.50. The second kappa shape index (κ2) is 6.30. The molecule has 2 aromatic carbocycles. The van der Waals surface area contributed by atoms with Crippen molar-refractivity contribution in [3.8, 4) is 0 Å². The SMILES string of the molecule is CC(C)(C)[Si](c1ccccc1)(c1ccccc1)C1CC(CO)C1=O. The van der Waals surface area contributed by atoms with E-state index >= 15 is 0 Å². The first kappa shape index (κ1) is 17.1. The van der Waals surface area contributed by atoms with Gasteiger partial charge in [0, 0.05) is 11.5 Å². The average molecular weight is 339 g/mol. The van der Waals surface area contributed by atoms with Crippen molar-refractivity contribution in [2.24, 2.45) is 5.92 Å². The monoisotopic (exact) mass is 338 g/mol. The van der Waals surface area contributed by atoms with E-state index in [0.29, 0.717) is 0 Å². The number of carbonyl (C=O) groups is 1. The van der Waals surface area contributed by atoms with Gasteiger partial charge >= 0.3 is 0 Å². The fourth-order valence-electron chi connectivity index (χ4n) is 4.56. The summed E-state index contributed by atoms with van der Waals surface area (Å²) in [7, 11) is -2.35. The van der Waals surface area contributed by atoms with E-state index < -0.39 is 8.07 Å². The van der Waals surface area contributed by atoms with Gasteiger partial charge in [0.25, 0.3) is 0 Å². The van der Waals surface area contributed by atoms with Crippen LogP contribution in [0.5, 0.6) is 0 Å². The van der Waals surface area contributed by atoms with E-state index in [9.17, 15) is 9.90 Å². The van der Waals surface area contributed by atoms with Crippen LogP contribution in [0.15, 0.2) is 60.7 Å². The van der Waals surface area contributed by atoms with Crippen LogP contribution in [0.2, 0.25) is 10.6 Å². The molecule has 0 bridgehead atoms. The summed E-state index contributed by atoms with van der Waals surface area (Å²) in [5, 5.41) is 12.1. The van der Waals surface area contributed by atoms with Crippen LogP contribution in [0.1, 0.15) is 27.2 Å². The van der Waals surface area contributed by atoms with E-state index in [0.717, 1.165) is 6.42 Å². The number of rotatable bonds is 4. The first-order chi connectivity index (χ1) is 11.4. The van der Waals surface area contributed by atoms with Crippen molar-refractivity contribution in [1.82, 2.24) is 0 Å². The lowest BCUT2D eigenvalue weighted by Gasteiger charge is -2.53. The molecule has 0 aliphatic heterocycles. The molecular formula is C21H26O2Si. The Morgan fingerprint density at radius 3 is 1.75 bits per heavy atom. The van der Waals surface area contributed by atoms with Crippen LogP contribution in [0.3, 0.4) is 0 Å². The van der Waals surface area contributed by atoms with E-state index in [1.807, 2.05) is 12.1 Å². The largest absolute Gasteiger partial charge is 0.396 e. The minimum absolute atomic E-state index is 0.00351. The van der Waals surface area contributed by atoms with E-state index in [4.69, 9.17) is 0 Å². The molecule has 0 spiro atoms. The summed E-state index contributed by atoms with van der Waals surface area (Å²) in [6.07, 6.45) is 0.808. The molecule has 2 aromatic rings. The molecule has 0 aromatic heterocycles. The lowest BCUT2D eigenvalue weighted by molar-refractivity contribution is -0.131. The molecule has 0 radical (unpaired) electrons. The van der Waals surface area contributed by atoms with Crippen LogP contribution < -0.4 is 10.4 Å². The highest BCUT2D eigenvalue weighted by atomic mass is 28.3. The maximum absolute atomic E-state index is 12.9. The van der Waals surface area contributed by atoms with Gasteiger partial charge in [-0.15, -0.1) is 0 Å². The van der Waals surface area contributed by atoms with Gasteiger partial charge in [-0.25, -0.2) is 0 Å². The molecule has 3 heteroatoms. The van der Waals surface area contributed by atoms with E-state index in [1.54, 1.807) is 0 Å². The Hall–Kier alpha value is -1.71. The van der Waals surface area contributed by atoms with Crippen molar-refractivity contribution in [2.45, 2.75) is 37.8 Å². The van der Waals surface area contributed by atoms with Crippen molar-refractivity contribution in [3.05, 3.63) is 60.7 Å². The van der Waals surface area contributed by atoms with E-state index in [2.05, 4.69) is 69.3 Å². The van der Waals surface area contributed by atoms with Gasteiger partial charge < -0.3 is 5.11 Å². The third kappa shape index (κ3) is 2.47. The van der Waals surface area contributed by atoms with E-state index in [-0.39, 0.29) is 28.9 Å². The van der Waals surface area contributed by atoms with Gasteiger partial charge in [-0.2, -0.15) is 0 Å². The molecule has 0 amide bonds. The van der Waals surface area contributed by atoms with Gasteiger partial charge in [0.15, 0.2) is 0 Å². The first-order valence-electron chi connectivity index (χ1n) is 8.68. The average Bonchev–Trinajstić information content (AvgIpc) is 2.58. The van der Waals surface area contributed by atoms with Crippen molar-refractivity contribution >= 4 is 24.2 Å². The second-order valence-electron chi connectivity index (χ2n) is 7.86. The predicted octanol–water partition coefficient (Wildman–Crippen LogP) is 3.00. The number of ketones is 1. The molecule has 1 saturated carbocycles. The molecule has 3 rings (SSSR count). The zero-order valence-corrected chi connectivity index (χ0v) is 15.7. The quantitative estimate of drug-likeness (QED) is 0.870. The molecule has 2 nitrogen and oxygen atoms in total. The number of Topliss-reactive ketones (excluding diaryl/α,β-unsaturated/α-hetero) is 1. The van der Waals surface area contributed by atoms with Crippen molar-refractivity contribution in [2.75, 3.05) is 6.61 Å². The van der Waals surface area contributed by atoms with Crippen LogP contribution in [0.4, 0.5) is 0 Å². The Labute approximate surface area is 145 Å². The van der Waals surface area contributed by atoms with Gasteiger partial charge in [0.1, 0.15) is 13.9 Å². The summed E-state index contributed by atoms with van der Waals surface area (Å²) < 4.78 is 0. The molecule has 0 saturated heterocycles. The predicted molar refractivity (Wildman–Crippen MR) is 102 cm³/mol. The van der Waals surface area contributed by atoms with Crippen LogP contribution >= 0.6 is 0 Å². The van der Waals surface area contributed by atoms with Crippen LogP contribution in [-0.4, -0.2) is 25.6 Å². The summed E-state index contributed by atoms with van der Waals surface area (Å²) in [6, 6.07) is 21.2. The highest BCUT2D eigenvalue weighted by Gasteiger charge is 2.60. The molecule has 126 valence electrons. The maximum atomic E-state index is 12.9. The lowest BCUT2D eigenvalue weighted by atomic mass is 9.83. The minimum Gasteiger partial charge on any atom is -0.396 e. The molecule has 1 N–H and O–H groups in total. The molecular weight excluding hydrogens is 312 g/mol. The number of hydrogen-bond donors (Lipinski definition) is 1. The molecule has 24 heavy (non-hydrogen) atoms. The summed E-state index contributed by atoms with van der Waals surface area (Å²) >= 11 is 0. The van der Waals surface area contributed by atoms with Gasteiger partial charge in [0.2, 0.25) is 0 Å². The fourth-order valence-corrected chi connectivity index (χ4v) is 11.2. The van der Waals surface area contributed by atoms with Crippen molar-refractivity contribution < 1.29 is 9.90 Å². The Morgan fingerprint density at radius 2 is 1.42 bits per heavy atom. The second-order valence-corrected chi connectivity index (χ2v) is 12.8. The van der Waals surface area contributed by atoms with Crippen molar-refractivity contribution in [3.63, 3.8) is 0 Å². The van der Waals surface area contributed by atoms with Crippen LogP contribution in [0.25, 0.3) is 0 Å². The number of benzene rings is 2. The normalized spacial score (nSPS) is 21.4. The van der Waals surface area contributed by atoms with Gasteiger partial charge in [-0.3, -0.25) is 4.79 Å². The molecule has 2 atom stereocenters. The number of aliphatic hydroxyl groups is 1. The summed E-state index contributed by atoms with van der Waals surface area (Å²) in [5.74, 6) is 0.0865. The number of carbonyl (C=O) groups excluding carboxylic acids is 1. The zero-order chi connectivity index (χ0) is 17.4. The van der Waals surface area contributed by atoms with Gasteiger partial charge in [0.05, 0.1) is 6.61 Å². The molecule has 0 heterocycles. The smallest absolute Gasteiger partial charge is 0.139 e. The summed E-state index contributed by atoms with van der Waals surface area (Å²) in [4.78, 5) is 12.9. The number of hydrogen-bond acceptors (Lipinski definition) is 2. The highest BCUT2D eigenvalue weighted by Crippen LogP contribution is 2.51. The van der Waals surface area contributed by atoms with Gasteiger partial charge in [-0.05, 0) is 11.5 Å². The Bertz CT molecular complexity index is 664. The topological polar surface area (TPSA) is 37.3 Å².